The zero-order valence-electron chi connectivity index (χ0n) is 12.0. The van der Waals surface area contributed by atoms with Crippen molar-refractivity contribution in [2.24, 2.45) is 0 Å². The summed E-state index contributed by atoms with van der Waals surface area (Å²) >= 11 is 0. The Kier molecular flexibility index (Phi) is 6.17. The van der Waals surface area contributed by atoms with E-state index in [2.05, 4.69) is 10.4 Å². The lowest BCUT2D eigenvalue weighted by Crippen LogP contribution is -2.32. The summed E-state index contributed by atoms with van der Waals surface area (Å²) in [5, 5.41) is 15.4. The van der Waals surface area contributed by atoms with Crippen LogP contribution in [0.1, 0.15) is 43.7 Å². The molecule has 112 valence electrons. The predicted molar refractivity (Wildman–Crippen MR) is 72.6 cm³/mol. The number of rotatable bonds is 8. The molecule has 1 aromatic heterocycles. The first kappa shape index (κ1) is 16.2. The largest absolute Gasteiger partial charge is 0.476 e. The number of aromatic nitrogens is 2. The number of nitrogens with one attached hydrogen (secondary N) is 1. The van der Waals surface area contributed by atoms with E-state index < -0.39 is 12.0 Å². The number of ether oxygens (including phenoxy) is 1. The molecule has 0 spiro atoms. The third-order valence-electron chi connectivity index (χ3n) is 2.68. The normalized spacial score (nSPS) is 12.4. The van der Waals surface area contributed by atoms with Crippen LogP contribution in [0.3, 0.4) is 0 Å². The van der Waals surface area contributed by atoms with Crippen LogP contribution >= 0.6 is 0 Å². The standard InChI is InChI=1S/C13H21N3O4/c1-9(2)20-8-4-6-14-12(17)10(3)16-7-5-11(15-16)13(18)19/h5,7,9-10H,4,6,8H2,1-3H3,(H,14,17)(H,18,19). The number of nitrogens with zero attached hydrogens (tertiary/aromatic N) is 2. The van der Waals surface area contributed by atoms with Gasteiger partial charge in [-0.25, -0.2) is 4.79 Å². The molecule has 0 aliphatic heterocycles. The van der Waals surface area contributed by atoms with Crippen LogP contribution in [0.4, 0.5) is 0 Å². The first-order chi connectivity index (χ1) is 9.41. The van der Waals surface area contributed by atoms with Crippen molar-refractivity contribution in [1.82, 2.24) is 15.1 Å². The Morgan fingerprint density at radius 2 is 2.15 bits per heavy atom. The van der Waals surface area contributed by atoms with E-state index in [1.165, 1.54) is 16.9 Å². The number of hydrogen-bond acceptors (Lipinski definition) is 4. The summed E-state index contributed by atoms with van der Waals surface area (Å²) in [5.41, 5.74) is -0.0741. The molecular weight excluding hydrogens is 262 g/mol. The monoisotopic (exact) mass is 283 g/mol. The summed E-state index contributed by atoms with van der Waals surface area (Å²) < 4.78 is 6.70. The third kappa shape index (κ3) is 5.00. The maximum absolute atomic E-state index is 11.9. The van der Waals surface area contributed by atoms with Crippen molar-refractivity contribution >= 4 is 11.9 Å². The number of hydrogen-bond donors (Lipinski definition) is 2. The van der Waals surface area contributed by atoms with Crippen molar-refractivity contribution in [3.63, 3.8) is 0 Å². The van der Waals surface area contributed by atoms with Gasteiger partial charge in [0, 0.05) is 19.3 Å². The maximum atomic E-state index is 11.9. The Balaban J connectivity index is 2.36. The third-order valence-corrected chi connectivity index (χ3v) is 2.68. The molecule has 0 radical (unpaired) electrons. The molecule has 1 atom stereocenters. The zero-order chi connectivity index (χ0) is 15.1. The highest BCUT2D eigenvalue weighted by molar-refractivity contribution is 5.85. The van der Waals surface area contributed by atoms with Gasteiger partial charge in [0.05, 0.1) is 6.10 Å². The number of carbonyl (C=O) groups is 2. The first-order valence-corrected chi connectivity index (χ1v) is 6.59. The van der Waals surface area contributed by atoms with E-state index in [-0.39, 0.29) is 17.7 Å². The summed E-state index contributed by atoms with van der Waals surface area (Å²) in [6.07, 6.45) is 2.40. The average molecular weight is 283 g/mol. The highest BCUT2D eigenvalue weighted by atomic mass is 16.5. The van der Waals surface area contributed by atoms with E-state index in [0.29, 0.717) is 13.2 Å². The van der Waals surface area contributed by atoms with Crippen LogP contribution in [0.5, 0.6) is 0 Å². The van der Waals surface area contributed by atoms with Gasteiger partial charge in [0.15, 0.2) is 5.69 Å². The second-order valence-corrected chi connectivity index (χ2v) is 4.73. The molecule has 1 unspecified atom stereocenters. The minimum Gasteiger partial charge on any atom is -0.476 e. The molecule has 7 heteroatoms. The lowest BCUT2D eigenvalue weighted by molar-refractivity contribution is -0.124. The van der Waals surface area contributed by atoms with Crippen LogP contribution in [0, 0.1) is 0 Å². The van der Waals surface area contributed by atoms with Crippen LogP contribution in [-0.2, 0) is 9.53 Å². The molecule has 0 saturated carbocycles. The number of carbonyl (C=O) groups excluding carboxylic acids is 1. The van der Waals surface area contributed by atoms with Crippen LogP contribution in [0.15, 0.2) is 12.3 Å². The summed E-state index contributed by atoms with van der Waals surface area (Å²) in [6.45, 7) is 6.69. The molecule has 1 aromatic rings. The SMILES string of the molecule is CC(C)OCCCNC(=O)C(C)n1ccc(C(=O)O)n1. The zero-order valence-corrected chi connectivity index (χ0v) is 12.0. The maximum Gasteiger partial charge on any atom is 0.356 e. The van der Waals surface area contributed by atoms with Gasteiger partial charge in [-0.1, -0.05) is 0 Å². The van der Waals surface area contributed by atoms with E-state index in [0.717, 1.165) is 6.42 Å². The molecule has 1 heterocycles. The molecule has 1 rings (SSSR count). The molecule has 0 fully saturated rings. The first-order valence-electron chi connectivity index (χ1n) is 6.59. The van der Waals surface area contributed by atoms with E-state index >= 15 is 0 Å². The van der Waals surface area contributed by atoms with Crippen molar-refractivity contribution in [3.05, 3.63) is 18.0 Å². The van der Waals surface area contributed by atoms with Crippen LogP contribution in [0.2, 0.25) is 0 Å². The summed E-state index contributed by atoms with van der Waals surface area (Å²) in [5.74, 6) is -1.31. The highest BCUT2D eigenvalue weighted by Crippen LogP contribution is 2.06. The minimum absolute atomic E-state index is 0.0741. The Labute approximate surface area is 117 Å². The molecule has 0 bridgehead atoms. The van der Waals surface area contributed by atoms with Gasteiger partial charge in [0.25, 0.3) is 0 Å². The van der Waals surface area contributed by atoms with Crippen molar-refractivity contribution < 1.29 is 19.4 Å². The smallest absolute Gasteiger partial charge is 0.356 e. The van der Waals surface area contributed by atoms with Crippen molar-refractivity contribution in [3.8, 4) is 0 Å². The minimum atomic E-state index is -1.11. The fourth-order valence-electron chi connectivity index (χ4n) is 1.54. The highest BCUT2D eigenvalue weighted by Gasteiger charge is 2.17. The lowest BCUT2D eigenvalue weighted by atomic mass is 10.3. The molecule has 0 aliphatic carbocycles. The molecule has 0 saturated heterocycles. The topological polar surface area (TPSA) is 93.5 Å². The Hall–Kier alpha value is -1.89. The molecule has 0 aliphatic rings. The lowest BCUT2D eigenvalue weighted by Gasteiger charge is -2.13. The molecule has 0 aromatic carbocycles. The molecule has 20 heavy (non-hydrogen) atoms. The van der Waals surface area contributed by atoms with E-state index in [1.54, 1.807) is 6.92 Å². The number of carboxylic acids is 1. The van der Waals surface area contributed by atoms with Crippen LogP contribution < -0.4 is 5.32 Å². The van der Waals surface area contributed by atoms with Crippen molar-refractivity contribution in [2.75, 3.05) is 13.2 Å². The molecular formula is C13H21N3O4. The molecule has 2 N–H and O–H groups in total. The van der Waals surface area contributed by atoms with Gasteiger partial charge in [-0.2, -0.15) is 5.10 Å². The summed E-state index contributed by atoms with van der Waals surface area (Å²) in [7, 11) is 0. The van der Waals surface area contributed by atoms with Gasteiger partial charge in [0.2, 0.25) is 5.91 Å². The van der Waals surface area contributed by atoms with E-state index in [9.17, 15) is 9.59 Å². The van der Waals surface area contributed by atoms with E-state index in [4.69, 9.17) is 9.84 Å². The fraction of sp³-hybridized carbons (Fsp3) is 0.615. The number of amides is 1. The second-order valence-electron chi connectivity index (χ2n) is 4.73. The Morgan fingerprint density at radius 3 is 2.70 bits per heavy atom. The summed E-state index contributed by atoms with van der Waals surface area (Å²) in [4.78, 5) is 22.6. The van der Waals surface area contributed by atoms with Crippen LogP contribution in [0.25, 0.3) is 0 Å². The van der Waals surface area contributed by atoms with Gasteiger partial charge >= 0.3 is 5.97 Å². The summed E-state index contributed by atoms with van der Waals surface area (Å²) in [6, 6.07) is 0.817. The Bertz CT molecular complexity index is 456. The predicted octanol–water partition coefficient (Wildman–Crippen LogP) is 1.07. The molecule has 7 nitrogen and oxygen atoms in total. The number of aromatic carboxylic acids is 1. The fourth-order valence-corrected chi connectivity index (χ4v) is 1.54. The van der Waals surface area contributed by atoms with Gasteiger partial charge in [-0.15, -0.1) is 0 Å². The van der Waals surface area contributed by atoms with Crippen LogP contribution in [-0.4, -0.2) is 46.0 Å². The number of carboxylic acid groups (broad SMARTS) is 1. The average Bonchev–Trinajstić information content (AvgIpc) is 2.86. The van der Waals surface area contributed by atoms with Crippen molar-refractivity contribution in [1.29, 1.82) is 0 Å². The van der Waals surface area contributed by atoms with E-state index in [1.807, 2.05) is 13.8 Å². The Morgan fingerprint density at radius 1 is 1.45 bits per heavy atom. The van der Waals surface area contributed by atoms with Gasteiger partial charge < -0.3 is 15.2 Å². The second kappa shape index (κ2) is 7.64. The quantitative estimate of drug-likeness (QED) is 0.696. The van der Waals surface area contributed by atoms with Gasteiger partial charge in [-0.05, 0) is 33.3 Å². The van der Waals surface area contributed by atoms with Gasteiger partial charge in [0.1, 0.15) is 6.04 Å². The van der Waals surface area contributed by atoms with Crippen molar-refractivity contribution in [2.45, 2.75) is 39.3 Å². The molecule has 1 amide bonds. The van der Waals surface area contributed by atoms with Gasteiger partial charge in [-0.3, -0.25) is 9.48 Å².